The molecule has 0 bridgehead atoms. The highest BCUT2D eigenvalue weighted by Crippen LogP contribution is 2.34. The van der Waals surface area contributed by atoms with E-state index in [0.717, 1.165) is 9.96 Å². The van der Waals surface area contributed by atoms with Crippen LogP contribution in [0.15, 0.2) is 18.2 Å². The SMILES string of the molecule is CN(Oc1cccc2c1C(=O)N(C1CCC(=O)NC1=O)C2=O)C(=O)OC(C)(C)C. The number of amides is 5. The van der Waals surface area contributed by atoms with Crippen LogP contribution in [0, 0.1) is 0 Å². The fourth-order valence-electron chi connectivity index (χ4n) is 3.07. The van der Waals surface area contributed by atoms with E-state index >= 15 is 0 Å². The summed E-state index contributed by atoms with van der Waals surface area (Å²) in [6.45, 7) is 5.08. The molecule has 0 aromatic heterocycles. The molecular formula is C19H21N3O7. The Morgan fingerprint density at radius 1 is 1.17 bits per heavy atom. The van der Waals surface area contributed by atoms with E-state index < -0.39 is 41.4 Å². The summed E-state index contributed by atoms with van der Waals surface area (Å²) in [6, 6.07) is 3.27. The minimum absolute atomic E-state index is 0.0224. The third-order valence-corrected chi connectivity index (χ3v) is 4.32. The Bertz CT molecular complexity index is 919. The summed E-state index contributed by atoms with van der Waals surface area (Å²) in [5.74, 6) is -2.57. The Balaban J connectivity index is 1.86. The van der Waals surface area contributed by atoms with Crippen LogP contribution >= 0.6 is 0 Å². The smallest absolute Gasteiger partial charge is 0.442 e. The summed E-state index contributed by atoms with van der Waals surface area (Å²) in [5, 5.41) is 2.95. The first-order valence-electron chi connectivity index (χ1n) is 8.99. The topological polar surface area (TPSA) is 122 Å². The minimum Gasteiger partial charge on any atom is -0.442 e. The summed E-state index contributed by atoms with van der Waals surface area (Å²) >= 11 is 0. The maximum absolute atomic E-state index is 13.0. The Labute approximate surface area is 166 Å². The molecule has 2 aliphatic heterocycles. The van der Waals surface area contributed by atoms with E-state index in [1.54, 1.807) is 20.8 Å². The van der Waals surface area contributed by atoms with Crippen molar-refractivity contribution in [3.8, 4) is 5.75 Å². The second-order valence-corrected chi connectivity index (χ2v) is 7.70. The number of hydrogen-bond acceptors (Lipinski definition) is 7. The highest BCUT2D eigenvalue weighted by molar-refractivity contribution is 6.24. The van der Waals surface area contributed by atoms with Crippen LogP contribution in [0.25, 0.3) is 0 Å². The van der Waals surface area contributed by atoms with Crippen molar-refractivity contribution in [2.45, 2.75) is 45.3 Å². The van der Waals surface area contributed by atoms with Crippen molar-refractivity contribution in [1.29, 1.82) is 0 Å². The van der Waals surface area contributed by atoms with Gasteiger partial charge in [0.15, 0.2) is 5.75 Å². The van der Waals surface area contributed by atoms with Crippen molar-refractivity contribution >= 4 is 29.7 Å². The lowest BCUT2D eigenvalue weighted by Crippen LogP contribution is -2.54. The number of nitrogens with one attached hydrogen (secondary N) is 1. The second kappa shape index (κ2) is 7.19. The third kappa shape index (κ3) is 3.91. The molecule has 0 aliphatic carbocycles. The van der Waals surface area contributed by atoms with Crippen molar-refractivity contribution in [2.75, 3.05) is 7.05 Å². The van der Waals surface area contributed by atoms with Gasteiger partial charge in [0.2, 0.25) is 11.8 Å². The van der Waals surface area contributed by atoms with Crippen LogP contribution < -0.4 is 10.2 Å². The average Bonchev–Trinajstić information content (AvgIpc) is 2.86. The van der Waals surface area contributed by atoms with E-state index in [-0.39, 0.29) is 29.7 Å². The zero-order valence-electron chi connectivity index (χ0n) is 16.5. The van der Waals surface area contributed by atoms with E-state index in [1.807, 2.05) is 0 Å². The van der Waals surface area contributed by atoms with Crippen LogP contribution in [-0.4, -0.2) is 58.4 Å². The van der Waals surface area contributed by atoms with E-state index in [1.165, 1.54) is 25.2 Å². The molecule has 0 saturated carbocycles. The maximum Gasteiger partial charge on any atom is 0.443 e. The standard InChI is InChI=1S/C19H21N3O7/c1-19(2,3)28-18(27)21(4)29-12-7-5-6-10-14(12)17(26)22(16(10)25)11-8-9-13(23)20-15(11)24/h5-7,11H,8-9H2,1-4H3,(H,20,23,24). The van der Waals surface area contributed by atoms with Gasteiger partial charge in [0.25, 0.3) is 11.8 Å². The molecule has 2 aliphatic rings. The average molecular weight is 403 g/mol. The first kappa shape index (κ1) is 20.3. The molecule has 1 unspecified atom stereocenters. The zero-order valence-corrected chi connectivity index (χ0v) is 16.5. The van der Waals surface area contributed by atoms with E-state index in [0.29, 0.717) is 0 Å². The molecule has 5 amide bonds. The number of carbonyl (C=O) groups excluding carboxylic acids is 5. The lowest BCUT2D eigenvalue weighted by molar-refractivity contribution is -0.136. The Kier molecular flexibility index (Phi) is 5.04. The molecule has 1 fully saturated rings. The van der Waals surface area contributed by atoms with Crippen LogP contribution in [-0.2, 0) is 14.3 Å². The number of rotatable bonds is 3. The molecule has 1 aromatic rings. The van der Waals surface area contributed by atoms with E-state index in [2.05, 4.69) is 5.32 Å². The number of imide groups is 2. The van der Waals surface area contributed by atoms with Gasteiger partial charge in [0.05, 0.1) is 18.2 Å². The van der Waals surface area contributed by atoms with Gasteiger partial charge in [-0.15, -0.1) is 5.06 Å². The largest absolute Gasteiger partial charge is 0.443 e. The molecule has 154 valence electrons. The molecule has 3 rings (SSSR count). The number of ether oxygens (including phenoxy) is 1. The second-order valence-electron chi connectivity index (χ2n) is 7.70. The van der Waals surface area contributed by atoms with Crippen LogP contribution in [0.1, 0.15) is 54.3 Å². The highest BCUT2D eigenvalue weighted by Gasteiger charge is 2.46. The molecule has 1 saturated heterocycles. The van der Waals surface area contributed by atoms with Gasteiger partial charge in [-0.1, -0.05) is 6.07 Å². The van der Waals surface area contributed by atoms with Crippen LogP contribution in [0.2, 0.25) is 0 Å². The van der Waals surface area contributed by atoms with Gasteiger partial charge in [-0.05, 0) is 39.3 Å². The van der Waals surface area contributed by atoms with Gasteiger partial charge in [-0.25, -0.2) is 4.79 Å². The van der Waals surface area contributed by atoms with Crippen molar-refractivity contribution < 1.29 is 33.5 Å². The molecule has 1 atom stereocenters. The molecule has 2 heterocycles. The Hall–Kier alpha value is -3.43. The van der Waals surface area contributed by atoms with Crippen molar-refractivity contribution in [3.63, 3.8) is 0 Å². The quantitative estimate of drug-likeness (QED) is 0.595. The number of nitrogens with zero attached hydrogens (tertiary/aromatic N) is 2. The molecule has 0 spiro atoms. The number of carbonyl (C=O) groups is 5. The van der Waals surface area contributed by atoms with Crippen LogP contribution in [0.5, 0.6) is 5.75 Å². The number of piperidine rings is 1. The fraction of sp³-hybridized carbons (Fsp3) is 0.421. The molecule has 0 radical (unpaired) electrons. The van der Waals surface area contributed by atoms with Crippen molar-refractivity contribution in [3.05, 3.63) is 29.3 Å². The molecule has 10 heteroatoms. The third-order valence-electron chi connectivity index (χ3n) is 4.32. The maximum atomic E-state index is 13.0. The van der Waals surface area contributed by atoms with E-state index in [9.17, 15) is 24.0 Å². The Morgan fingerprint density at radius 2 is 1.86 bits per heavy atom. The highest BCUT2D eigenvalue weighted by atomic mass is 16.7. The van der Waals surface area contributed by atoms with Crippen LogP contribution in [0.4, 0.5) is 4.79 Å². The summed E-state index contributed by atoms with van der Waals surface area (Å²) in [4.78, 5) is 67.7. The number of hydroxylamine groups is 2. The minimum atomic E-state index is -1.09. The summed E-state index contributed by atoms with van der Waals surface area (Å²) in [6.07, 6.45) is -0.715. The fourth-order valence-corrected chi connectivity index (χ4v) is 3.07. The summed E-state index contributed by atoms with van der Waals surface area (Å²) in [7, 11) is 1.31. The molecule has 29 heavy (non-hydrogen) atoms. The van der Waals surface area contributed by atoms with Gasteiger partial charge in [0, 0.05) is 6.42 Å². The zero-order chi connectivity index (χ0) is 21.5. The number of hydrogen-bond donors (Lipinski definition) is 1. The molecule has 1 aromatic carbocycles. The lowest BCUT2D eigenvalue weighted by atomic mass is 10.0. The van der Waals surface area contributed by atoms with Crippen molar-refractivity contribution in [1.82, 2.24) is 15.3 Å². The number of benzene rings is 1. The summed E-state index contributed by atoms with van der Waals surface area (Å²) < 4.78 is 5.19. The molecular weight excluding hydrogens is 382 g/mol. The van der Waals surface area contributed by atoms with Gasteiger partial charge in [-0.3, -0.25) is 29.4 Å². The lowest BCUT2D eigenvalue weighted by Gasteiger charge is -2.28. The van der Waals surface area contributed by atoms with Gasteiger partial charge in [0.1, 0.15) is 11.6 Å². The van der Waals surface area contributed by atoms with Gasteiger partial charge >= 0.3 is 6.09 Å². The summed E-state index contributed by atoms with van der Waals surface area (Å²) in [5.41, 5.74) is -0.755. The Morgan fingerprint density at radius 3 is 2.48 bits per heavy atom. The van der Waals surface area contributed by atoms with Gasteiger partial charge < -0.3 is 9.57 Å². The van der Waals surface area contributed by atoms with Gasteiger partial charge in [-0.2, -0.15) is 0 Å². The monoisotopic (exact) mass is 403 g/mol. The predicted octanol–water partition coefficient (Wildman–Crippen LogP) is 1.25. The first-order valence-corrected chi connectivity index (χ1v) is 8.99. The molecule has 10 nitrogen and oxygen atoms in total. The van der Waals surface area contributed by atoms with Crippen LogP contribution in [0.3, 0.4) is 0 Å². The predicted molar refractivity (Wildman–Crippen MR) is 97.7 cm³/mol. The van der Waals surface area contributed by atoms with Crippen molar-refractivity contribution in [2.24, 2.45) is 0 Å². The first-order chi connectivity index (χ1) is 13.5. The normalized spacial score (nSPS) is 19.0. The van der Waals surface area contributed by atoms with E-state index in [4.69, 9.17) is 9.57 Å². The number of fused-ring (bicyclic) bond motifs is 1. The molecule has 1 N–H and O–H groups in total.